The first-order valence-corrected chi connectivity index (χ1v) is 21.7. The lowest BCUT2D eigenvalue weighted by Crippen LogP contribution is -3.06. The van der Waals surface area contributed by atoms with Crippen LogP contribution in [-0.4, -0.2) is 19.2 Å². The molecule has 30 heteroatoms. The number of para-hydroxylation sites is 1. The minimum absolute atomic E-state index is 1.17. The lowest BCUT2D eigenvalue weighted by atomic mass is 9.12. The second-order valence-corrected chi connectivity index (χ2v) is 17.0. The zero-order valence-corrected chi connectivity index (χ0v) is 38.5. The van der Waals surface area contributed by atoms with E-state index in [4.69, 9.17) is 0 Å². The van der Waals surface area contributed by atoms with Gasteiger partial charge in [0.15, 0.2) is 116 Å². The smallest absolute Gasteiger partial charge is 0.198 e. The summed E-state index contributed by atoms with van der Waals surface area (Å²) < 4.78 is 442. The van der Waals surface area contributed by atoms with Crippen molar-refractivity contribution in [1.29, 1.82) is 0 Å². The molecule has 9 aromatic carbocycles. The lowest BCUT2D eigenvalue weighted by molar-refractivity contribution is -0.828. The Kier molecular flexibility index (Phi) is 14.8. The van der Waals surface area contributed by atoms with Gasteiger partial charge in [-0.05, 0) is 26.0 Å². The first kappa shape index (κ1) is 58.2. The van der Waals surface area contributed by atoms with Crippen LogP contribution in [0.5, 0.6) is 0 Å². The normalized spacial score (nSPS) is 12.1. The molecule has 420 valence electrons. The maximum Gasteiger partial charge on any atom is 0.198 e. The molecule has 1 N–H and O–H groups in total. The molecule has 0 aliphatic rings. The summed E-state index contributed by atoms with van der Waals surface area (Å²) in [6.45, 7) is 6.76. The molecule has 0 bridgehead atoms. The largest absolute Gasteiger partial charge is 0.303 e. The van der Waals surface area contributed by atoms with E-state index in [1.165, 1.54) is 18.8 Å². The summed E-state index contributed by atoms with van der Waals surface area (Å²) in [5.41, 5.74) is -14.5. The number of benzene rings is 9. The lowest BCUT2D eigenvalue weighted by Gasteiger charge is -2.45. The Morgan fingerprint density at radius 3 is 0.562 bits per heavy atom. The summed E-state index contributed by atoms with van der Waals surface area (Å²) in [7, 11) is 0. The molecule has 0 aliphatic carbocycles. The van der Waals surface area contributed by atoms with Crippen LogP contribution >= 0.6 is 0 Å². The molecule has 0 amide bonds. The van der Waals surface area contributed by atoms with Gasteiger partial charge in [-0.3, -0.25) is 0 Å². The van der Waals surface area contributed by atoms with Crippen molar-refractivity contribution in [2.45, 2.75) is 13.8 Å². The summed E-state index contributed by atoms with van der Waals surface area (Å²) in [6.07, 6.45) is -7.99. The Balaban J connectivity index is 0.000000683. The van der Waals surface area contributed by atoms with Crippen molar-refractivity contribution in [3.8, 4) is 0 Å². The van der Waals surface area contributed by atoms with Gasteiger partial charge in [-0.15, -0.1) is 21.9 Å². The predicted molar refractivity (Wildman–Crippen MR) is 227 cm³/mol. The maximum atomic E-state index is 17.4. The predicted octanol–water partition coefficient (Wildman–Crippen LogP) is 12.8. The number of halogens is 28. The van der Waals surface area contributed by atoms with Crippen LogP contribution < -0.4 is 26.8 Å². The SMILES string of the molecule is CC[NH+](CC)c1ccccc1.Fc1c(F)c(F)c2c(F)c([B-](c3c(F)c(F)c4c(F)c(F)c(F)c(F)c4c3F)(c3c(F)c(F)c4c(F)c(F)c(F)c(F)c4c3F)c3c(F)c(F)c4c(F)c(F)c(F)c(F)c4c3F)c(F)c(F)c2c1F. The van der Waals surface area contributed by atoms with E-state index >= 15 is 87.8 Å². The van der Waals surface area contributed by atoms with E-state index in [0.717, 1.165) is 0 Å². The first-order valence-electron chi connectivity index (χ1n) is 21.7. The number of hydrogen-bond donors (Lipinski definition) is 1. The molecular weight excluding hydrogens is 1160 g/mol. The van der Waals surface area contributed by atoms with E-state index in [2.05, 4.69) is 44.2 Å². The zero-order valence-electron chi connectivity index (χ0n) is 38.5. The highest BCUT2D eigenvalue weighted by atomic mass is 19.2. The number of rotatable bonds is 7. The standard InChI is InChI=1S/C40BF28.C10H15N/c42-13-1-5(25(54)37(66)33(62)21(1)50)17(46)29(58)9(13)41(10-14(43)2-6(18(47)30(10)59)26(55)38(67)34(63)22(2)51,11-15(44)3-7(19(48)31(11)60)27(56)39(68)35(64)23(3)52)12-16(45)4-8(20(49)32(12)61)28(57)40(69)36(65)24(4)53;1-3-11(4-2)10-8-6-5-7-9-10/h;5-9H,3-4H2,1-2H3/q-1;/p+1. The van der Waals surface area contributed by atoms with E-state index in [0.29, 0.717) is 0 Å². The van der Waals surface area contributed by atoms with Gasteiger partial charge in [0.05, 0.1) is 56.2 Å². The van der Waals surface area contributed by atoms with Crippen molar-refractivity contribution in [2.75, 3.05) is 13.1 Å². The monoisotopic (exact) mass is 1170 g/mol. The molecule has 0 saturated heterocycles. The van der Waals surface area contributed by atoms with Crippen LogP contribution in [-0.2, 0) is 0 Å². The van der Waals surface area contributed by atoms with Gasteiger partial charge in [-0.2, -0.15) is 0 Å². The van der Waals surface area contributed by atoms with Crippen LogP contribution in [0.15, 0.2) is 30.3 Å². The fraction of sp³-hybridized carbons (Fsp3) is 0.0800. The summed E-state index contributed by atoms with van der Waals surface area (Å²) in [5.74, 6) is -102. The third-order valence-corrected chi connectivity index (χ3v) is 13.3. The van der Waals surface area contributed by atoms with Crippen LogP contribution in [0.25, 0.3) is 43.1 Å². The minimum Gasteiger partial charge on any atom is -0.303 e. The van der Waals surface area contributed by atoms with E-state index in [-0.39, 0.29) is 0 Å². The molecule has 0 heterocycles. The Morgan fingerprint density at radius 1 is 0.225 bits per heavy atom. The van der Waals surface area contributed by atoms with Crippen LogP contribution in [0.3, 0.4) is 0 Å². The van der Waals surface area contributed by atoms with Crippen LogP contribution in [0, 0.1) is 163 Å². The number of hydrogen-bond acceptors (Lipinski definition) is 0. The number of nitrogens with one attached hydrogen (secondary N) is 1. The Labute approximate surface area is 424 Å². The van der Waals surface area contributed by atoms with E-state index in [1.807, 2.05) is 0 Å². The van der Waals surface area contributed by atoms with Crippen molar-refractivity contribution >= 4 is 76.8 Å². The van der Waals surface area contributed by atoms with Crippen molar-refractivity contribution < 1.29 is 128 Å². The van der Waals surface area contributed by atoms with E-state index in [1.54, 1.807) is 4.90 Å². The molecule has 9 aromatic rings. The first-order chi connectivity index (χ1) is 37.4. The van der Waals surface area contributed by atoms with Crippen LogP contribution in [0.1, 0.15) is 13.8 Å². The summed E-state index contributed by atoms with van der Waals surface area (Å²) in [6, 6.07) is 10.6. The zero-order chi connectivity index (χ0) is 59.7. The molecule has 0 atom stereocenters. The van der Waals surface area contributed by atoms with Gasteiger partial charge in [0, 0.05) is 0 Å². The molecule has 0 unspecified atom stereocenters. The van der Waals surface area contributed by atoms with Crippen LogP contribution in [0.2, 0.25) is 0 Å². The van der Waals surface area contributed by atoms with E-state index < -0.39 is 234 Å². The second-order valence-electron chi connectivity index (χ2n) is 17.0. The second kappa shape index (κ2) is 20.3. The van der Waals surface area contributed by atoms with Gasteiger partial charge in [0.1, 0.15) is 58.4 Å². The van der Waals surface area contributed by atoms with Gasteiger partial charge in [-0.25, -0.2) is 123 Å². The number of quaternary nitrogens is 1. The van der Waals surface area contributed by atoms with Gasteiger partial charge in [-0.1, -0.05) is 18.2 Å². The van der Waals surface area contributed by atoms with Crippen molar-refractivity contribution in [3.05, 3.63) is 193 Å². The quantitative estimate of drug-likeness (QED) is 0.0702. The van der Waals surface area contributed by atoms with E-state index in [9.17, 15) is 35.1 Å². The molecule has 1 nitrogen and oxygen atoms in total. The molecule has 0 spiro atoms. The minimum atomic E-state index is -7.99. The Bertz CT molecular complexity index is 3710. The maximum absolute atomic E-state index is 17.4. The molecule has 0 fully saturated rings. The fourth-order valence-corrected chi connectivity index (χ4v) is 9.73. The van der Waals surface area contributed by atoms with Crippen molar-refractivity contribution in [1.82, 2.24) is 0 Å². The average molecular weight is 1170 g/mol. The third kappa shape index (κ3) is 7.73. The van der Waals surface area contributed by atoms with Gasteiger partial charge >= 0.3 is 0 Å². The molecule has 80 heavy (non-hydrogen) atoms. The average Bonchev–Trinajstić information content (AvgIpc) is 3.45. The summed E-state index contributed by atoms with van der Waals surface area (Å²) >= 11 is 0. The fourth-order valence-electron chi connectivity index (χ4n) is 9.73. The summed E-state index contributed by atoms with van der Waals surface area (Å²) in [4.78, 5) is 1.55. The van der Waals surface area contributed by atoms with Crippen molar-refractivity contribution in [2.24, 2.45) is 0 Å². The van der Waals surface area contributed by atoms with Gasteiger partial charge in [0.25, 0.3) is 0 Å². The molecule has 0 aliphatic heterocycles. The summed E-state index contributed by atoms with van der Waals surface area (Å²) in [5, 5.41) is -25.0. The molecule has 9 rings (SSSR count). The van der Waals surface area contributed by atoms with Gasteiger partial charge < -0.3 is 4.90 Å². The third-order valence-electron chi connectivity index (χ3n) is 13.3. The highest BCUT2D eigenvalue weighted by Gasteiger charge is 2.52. The highest BCUT2D eigenvalue weighted by Crippen LogP contribution is 2.41. The molecular formula is C50H16BF28N. The topological polar surface area (TPSA) is 4.44 Å². The highest BCUT2D eigenvalue weighted by molar-refractivity contribution is 7.20. The molecule has 0 aromatic heterocycles. The van der Waals surface area contributed by atoms with Gasteiger partial charge in [0.2, 0.25) is 0 Å². The van der Waals surface area contributed by atoms with Crippen LogP contribution in [0.4, 0.5) is 129 Å². The number of fused-ring (bicyclic) bond motifs is 4. The van der Waals surface area contributed by atoms with Crippen molar-refractivity contribution in [3.63, 3.8) is 0 Å². The molecule has 0 saturated carbocycles. The molecule has 0 radical (unpaired) electrons. The Hall–Kier alpha value is -7.92. The Morgan fingerprint density at radius 2 is 0.388 bits per heavy atom.